The lowest BCUT2D eigenvalue weighted by molar-refractivity contribution is 0.305. The van der Waals surface area contributed by atoms with Crippen molar-refractivity contribution in [1.82, 2.24) is 9.88 Å². The minimum Gasteiger partial charge on any atom is -0.329 e. The average Bonchev–Trinajstić information content (AvgIpc) is 2.81. The minimum absolute atomic E-state index is 0.204. The van der Waals surface area contributed by atoms with E-state index >= 15 is 0 Å². The van der Waals surface area contributed by atoms with E-state index in [0.29, 0.717) is 6.54 Å². The van der Waals surface area contributed by atoms with E-state index in [-0.39, 0.29) is 5.54 Å². The van der Waals surface area contributed by atoms with Gasteiger partial charge in [0.1, 0.15) is 0 Å². The number of nitrogens with two attached hydrogens (primary N) is 2. The second-order valence-corrected chi connectivity index (χ2v) is 5.56. The molecule has 1 saturated heterocycles. The van der Waals surface area contributed by atoms with Crippen LogP contribution in [0, 0.1) is 0 Å². The van der Waals surface area contributed by atoms with Gasteiger partial charge in [0, 0.05) is 43.3 Å². The maximum Gasteiger partial charge on any atom is 0.0702 e. The molecule has 19 heavy (non-hydrogen) atoms. The molecule has 1 atom stereocenters. The molecule has 0 radical (unpaired) electrons. The molecule has 100 valence electrons. The molecule has 1 aromatic heterocycles. The first-order chi connectivity index (χ1) is 9.18. The van der Waals surface area contributed by atoms with Crippen LogP contribution in [0.25, 0.3) is 10.9 Å². The molecule has 4 heteroatoms. The van der Waals surface area contributed by atoms with Crippen LogP contribution in [-0.4, -0.2) is 35.1 Å². The molecule has 0 aliphatic carbocycles. The van der Waals surface area contributed by atoms with E-state index in [1.54, 1.807) is 0 Å². The number of pyridine rings is 1. The Morgan fingerprint density at radius 1 is 1.32 bits per heavy atom. The third kappa shape index (κ3) is 2.61. The highest BCUT2D eigenvalue weighted by Gasteiger charge is 2.32. The fourth-order valence-corrected chi connectivity index (χ4v) is 2.75. The number of aromatic nitrogens is 1. The Morgan fingerprint density at radius 2 is 2.16 bits per heavy atom. The summed E-state index contributed by atoms with van der Waals surface area (Å²) in [7, 11) is 0. The molecule has 2 heterocycles. The van der Waals surface area contributed by atoms with E-state index in [0.717, 1.165) is 31.6 Å². The summed E-state index contributed by atoms with van der Waals surface area (Å²) in [6.45, 7) is 3.34. The quantitative estimate of drug-likeness (QED) is 0.863. The number of hydrogen-bond donors (Lipinski definition) is 2. The fourth-order valence-electron chi connectivity index (χ4n) is 2.75. The number of fused-ring (bicyclic) bond motifs is 1. The van der Waals surface area contributed by atoms with Crippen molar-refractivity contribution in [2.75, 3.05) is 19.6 Å². The van der Waals surface area contributed by atoms with Crippen LogP contribution in [0.2, 0.25) is 0 Å². The maximum absolute atomic E-state index is 6.21. The summed E-state index contributed by atoms with van der Waals surface area (Å²) in [5.74, 6) is 0. The van der Waals surface area contributed by atoms with Crippen molar-refractivity contribution in [3.63, 3.8) is 0 Å². The van der Waals surface area contributed by atoms with E-state index in [9.17, 15) is 0 Å². The first kappa shape index (κ1) is 12.5. The lowest BCUT2D eigenvalue weighted by atomic mass is 10.0. The largest absolute Gasteiger partial charge is 0.329 e. The van der Waals surface area contributed by atoms with Crippen LogP contribution in [0.3, 0.4) is 0 Å². The summed E-state index contributed by atoms with van der Waals surface area (Å²) in [4.78, 5) is 6.86. The molecule has 0 spiro atoms. The maximum atomic E-state index is 6.21. The predicted octanol–water partition coefficient (Wildman–Crippen LogP) is 1.10. The molecule has 1 unspecified atom stereocenters. The highest BCUT2D eigenvalue weighted by Crippen LogP contribution is 2.21. The number of benzene rings is 1. The van der Waals surface area contributed by atoms with Gasteiger partial charge in [-0.25, -0.2) is 0 Å². The van der Waals surface area contributed by atoms with Gasteiger partial charge in [-0.1, -0.05) is 18.2 Å². The molecule has 1 fully saturated rings. The third-order valence-corrected chi connectivity index (χ3v) is 3.92. The van der Waals surface area contributed by atoms with Crippen LogP contribution in [0.1, 0.15) is 12.0 Å². The molecule has 1 aromatic carbocycles. The lowest BCUT2D eigenvalue weighted by Crippen LogP contribution is -2.49. The molecule has 2 aromatic rings. The van der Waals surface area contributed by atoms with Crippen LogP contribution < -0.4 is 11.5 Å². The molecular weight excluding hydrogens is 236 g/mol. The molecule has 4 nitrogen and oxygen atoms in total. The number of para-hydroxylation sites is 1. The predicted molar refractivity (Wildman–Crippen MR) is 77.6 cm³/mol. The average molecular weight is 256 g/mol. The Hall–Kier alpha value is -1.49. The van der Waals surface area contributed by atoms with Crippen LogP contribution in [-0.2, 0) is 6.54 Å². The summed E-state index contributed by atoms with van der Waals surface area (Å²) in [5.41, 5.74) is 14.0. The van der Waals surface area contributed by atoms with Crippen molar-refractivity contribution in [3.05, 3.63) is 42.1 Å². The van der Waals surface area contributed by atoms with Gasteiger partial charge in [-0.05, 0) is 24.1 Å². The zero-order valence-electron chi connectivity index (χ0n) is 11.0. The summed E-state index contributed by atoms with van der Waals surface area (Å²) < 4.78 is 0. The topological polar surface area (TPSA) is 68.2 Å². The normalized spacial score (nSPS) is 24.1. The number of rotatable bonds is 3. The zero-order valence-corrected chi connectivity index (χ0v) is 11.0. The Kier molecular flexibility index (Phi) is 3.22. The second kappa shape index (κ2) is 4.89. The molecule has 4 N–H and O–H groups in total. The highest BCUT2D eigenvalue weighted by molar-refractivity contribution is 5.78. The SMILES string of the molecule is NCC1(N)CCN(Cc2cnc3ccccc3c2)C1. The molecule has 1 aliphatic heterocycles. The highest BCUT2D eigenvalue weighted by atomic mass is 15.2. The molecular formula is C15H20N4. The number of hydrogen-bond acceptors (Lipinski definition) is 4. The Morgan fingerprint density at radius 3 is 2.95 bits per heavy atom. The van der Waals surface area contributed by atoms with Gasteiger partial charge < -0.3 is 11.5 Å². The fraction of sp³-hybridized carbons (Fsp3) is 0.400. The molecule has 3 rings (SSSR count). The van der Waals surface area contributed by atoms with Gasteiger partial charge in [-0.3, -0.25) is 9.88 Å². The summed E-state index contributed by atoms with van der Waals surface area (Å²) >= 11 is 0. The Labute approximate surface area is 113 Å². The monoisotopic (exact) mass is 256 g/mol. The summed E-state index contributed by atoms with van der Waals surface area (Å²) in [6, 6.07) is 10.4. The van der Waals surface area contributed by atoms with E-state index in [1.165, 1.54) is 10.9 Å². The second-order valence-electron chi connectivity index (χ2n) is 5.56. The standard InChI is InChI=1S/C15H20N4/c16-10-15(17)5-6-19(11-15)9-12-7-13-3-1-2-4-14(13)18-8-12/h1-4,7-8H,5-6,9-11,16-17H2. The van der Waals surface area contributed by atoms with Gasteiger partial charge in [0.15, 0.2) is 0 Å². The molecule has 0 amide bonds. The van der Waals surface area contributed by atoms with E-state index in [4.69, 9.17) is 11.5 Å². The van der Waals surface area contributed by atoms with Gasteiger partial charge in [-0.15, -0.1) is 0 Å². The van der Waals surface area contributed by atoms with Crippen LogP contribution in [0.5, 0.6) is 0 Å². The summed E-state index contributed by atoms with van der Waals surface area (Å²) in [6.07, 6.45) is 2.94. The van der Waals surface area contributed by atoms with Gasteiger partial charge in [-0.2, -0.15) is 0 Å². The van der Waals surface area contributed by atoms with Crippen molar-refractivity contribution in [2.24, 2.45) is 11.5 Å². The minimum atomic E-state index is -0.204. The molecule has 1 aliphatic rings. The van der Waals surface area contributed by atoms with Gasteiger partial charge in [0.2, 0.25) is 0 Å². The third-order valence-electron chi connectivity index (χ3n) is 3.92. The Bertz CT molecular complexity index is 583. The van der Waals surface area contributed by atoms with Crippen molar-refractivity contribution in [3.8, 4) is 0 Å². The zero-order chi connectivity index (χ0) is 13.3. The van der Waals surface area contributed by atoms with E-state index < -0.39 is 0 Å². The molecule has 0 bridgehead atoms. The number of likely N-dealkylation sites (tertiary alicyclic amines) is 1. The van der Waals surface area contributed by atoms with Crippen molar-refractivity contribution < 1.29 is 0 Å². The van der Waals surface area contributed by atoms with Gasteiger partial charge in [0.25, 0.3) is 0 Å². The first-order valence-corrected chi connectivity index (χ1v) is 6.74. The van der Waals surface area contributed by atoms with Crippen LogP contribution >= 0.6 is 0 Å². The number of nitrogens with zero attached hydrogens (tertiary/aromatic N) is 2. The lowest BCUT2D eigenvalue weighted by Gasteiger charge is -2.22. The Balaban J connectivity index is 1.75. The van der Waals surface area contributed by atoms with Crippen LogP contribution in [0.15, 0.2) is 36.5 Å². The van der Waals surface area contributed by atoms with E-state index in [2.05, 4.69) is 22.0 Å². The molecule has 0 saturated carbocycles. The van der Waals surface area contributed by atoms with E-state index in [1.807, 2.05) is 24.4 Å². The van der Waals surface area contributed by atoms with Crippen LogP contribution in [0.4, 0.5) is 0 Å². The first-order valence-electron chi connectivity index (χ1n) is 6.74. The smallest absolute Gasteiger partial charge is 0.0702 e. The summed E-state index contributed by atoms with van der Waals surface area (Å²) in [5, 5.41) is 1.19. The van der Waals surface area contributed by atoms with Crippen molar-refractivity contribution in [2.45, 2.75) is 18.5 Å². The van der Waals surface area contributed by atoms with Crippen molar-refractivity contribution in [1.29, 1.82) is 0 Å². The van der Waals surface area contributed by atoms with Crippen molar-refractivity contribution >= 4 is 10.9 Å². The van der Waals surface area contributed by atoms with Gasteiger partial charge >= 0.3 is 0 Å². The van der Waals surface area contributed by atoms with Gasteiger partial charge in [0.05, 0.1) is 5.52 Å².